The molecule has 0 aliphatic heterocycles. The van der Waals surface area contributed by atoms with Crippen molar-refractivity contribution in [3.8, 4) is 0 Å². The number of hydrogen-bond donors (Lipinski definition) is 0. The van der Waals surface area contributed by atoms with Crippen LogP contribution in [0, 0.1) is 0 Å². The van der Waals surface area contributed by atoms with Crippen LogP contribution < -0.4 is 0 Å². The fourth-order valence-corrected chi connectivity index (χ4v) is 1.58. The van der Waals surface area contributed by atoms with Crippen molar-refractivity contribution in [2.24, 2.45) is 0 Å². The van der Waals surface area contributed by atoms with Crippen molar-refractivity contribution < 1.29 is 9.53 Å². The van der Waals surface area contributed by atoms with Gasteiger partial charge in [-0.25, -0.2) is 9.78 Å². The monoisotopic (exact) mass is 227 g/mol. The molecule has 0 aromatic carbocycles. The van der Waals surface area contributed by atoms with Crippen molar-refractivity contribution in [3.05, 3.63) is 28.5 Å². The van der Waals surface area contributed by atoms with Crippen LogP contribution in [0.25, 0.3) is 0 Å². The molecule has 0 saturated carbocycles. The molecule has 15 heavy (non-hydrogen) atoms. The van der Waals surface area contributed by atoms with Gasteiger partial charge < -0.3 is 4.74 Å². The Labute approximate surface area is 94.4 Å². The summed E-state index contributed by atoms with van der Waals surface area (Å²) < 4.78 is 4.94. The van der Waals surface area contributed by atoms with Gasteiger partial charge in [0.2, 0.25) is 0 Å². The van der Waals surface area contributed by atoms with Gasteiger partial charge >= 0.3 is 5.97 Å². The molecule has 0 radical (unpaired) electrons. The fraction of sp³-hybridized carbons (Fsp3) is 0.455. The smallest absolute Gasteiger partial charge is 0.341 e. The first kappa shape index (κ1) is 12.0. The van der Waals surface area contributed by atoms with Crippen molar-refractivity contribution in [1.82, 2.24) is 4.98 Å². The number of aromatic nitrogens is 1. The van der Waals surface area contributed by atoms with Crippen molar-refractivity contribution in [2.75, 3.05) is 6.61 Å². The van der Waals surface area contributed by atoms with E-state index in [-0.39, 0.29) is 11.1 Å². The van der Waals surface area contributed by atoms with Gasteiger partial charge in [0.15, 0.2) is 0 Å². The summed E-state index contributed by atoms with van der Waals surface area (Å²) in [6, 6.07) is 1.79. The summed E-state index contributed by atoms with van der Waals surface area (Å²) in [5.74, 6) is -0.191. The highest BCUT2D eigenvalue weighted by Crippen LogP contribution is 2.24. The SMILES string of the molecule is CCOC(=O)c1c(C(C)C)ccnc1Cl. The van der Waals surface area contributed by atoms with Gasteiger partial charge in [0.1, 0.15) is 10.7 Å². The molecule has 1 rings (SSSR count). The molecule has 82 valence electrons. The predicted octanol–water partition coefficient (Wildman–Crippen LogP) is 3.04. The number of carbonyl (C=O) groups is 1. The first-order valence-corrected chi connectivity index (χ1v) is 5.27. The van der Waals surface area contributed by atoms with Crippen LogP contribution in [0.15, 0.2) is 12.3 Å². The second-order valence-electron chi connectivity index (χ2n) is 3.44. The highest BCUT2D eigenvalue weighted by atomic mass is 35.5. The van der Waals surface area contributed by atoms with E-state index in [2.05, 4.69) is 4.98 Å². The molecule has 0 atom stereocenters. The molecule has 0 amide bonds. The summed E-state index contributed by atoms with van der Waals surface area (Å²) in [6.07, 6.45) is 1.60. The number of nitrogens with zero attached hydrogens (tertiary/aromatic N) is 1. The van der Waals surface area contributed by atoms with Crippen LogP contribution in [-0.2, 0) is 4.74 Å². The second-order valence-corrected chi connectivity index (χ2v) is 3.80. The van der Waals surface area contributed by atoms with Crippen LogP contribution in [0.3, 0.4) is 0 Å². The predicted molar refractivity (Wildman–Crippen MR) is 59.3 cm³/mol. The first-order valence-electron chi connectivity index (χ1n) is 4.89. The molecule has 4 heteroatoms. The number of ether oxygens (including phenoxy) is 1. The summed E-state index contributed by atoms with van der Waals surface area (Å²) in [4.78, 5) is 15.5. The van der Waals surface area contributed by atoms with Gasteiger partial charge in [-0.1, -0.05) is 25.4 Å². The Kier molecular flexibility index (Phi) is 4.09. The summed E-state index contributed by atoms with van der Waals surface area (Å²) >= 11 is 5.89. The molecule has 1 heterocycles. The van der Waals surface area contributed by atoms with E-state index in [0.717, 1.165) is 5.56 Å². The number of hydrogen-bond acceptors (Lipinski definition) is 3. The Morgan fingerprint density at radius 2 is 2.27 bits per heavy atom. The number of esters is 1. The molecule has 0 spiro atoms. The van der Waals surface area contributed by atoms with Crippen molar-refractivity contribution in [3.63, 3.8) is 0 Å². The first-order chi connectivity index (χ1) is 7.07. The molecule has 0 aliphatic carbocycles. The van der Waals surface area contributed by atoms with E-state index >= 15 is 0 Å². The molecule has 3 nitrogen and oxygen atoms in total. The minimum absolute atomic E-state index is 0.208. The zero-order valence-corrected chi connectivity index (χ0v) is 9.84. The van der Waals surface area contributed by atoms with Crippen LogP contribution in [0.4, 0.5) is 0 Å². The fourth-order valence-electron chi connectivity index (χ4n) is 1.34. The average molecular weight is 228 g/mol. The highest BCUT2D eigenvalue weighted by Gasteiger charge is 2.19. The third-order valence-corrected chi connectivity index (χ3v) is 2.33. The molecule has 1 aromatic heterocycles. The molecule has 0 unspecified atom stereocenters. The molecule has 0 fully saturated rings. The lowest BCUT2D eigenvalue weighted by atomic mass is 9.99. The summed E-state index contributed by atoms with van der Waals surface area (Å²) in [7, 11) is 0. The van der Waals surface area contributed by atoms with Gasteiger partial charge in [0.05, 0.1) is 6.61 Å². The zero-order chi connectivity index (χ0) is 11.4. The maximum atomic E-state index is 11.6. The van der Waals surface area contributed by atoms with Crippen LogP contribution in [0.5, 0.6) is 0 Å². The lowest BCUT2D eigenvalue weighted by Gasteiger charge is -2.12. The Morgan fingerprint density at radius 1 is 1.60 bits per heavy atom. The molecule has 0 aliphatic rings. The van der Waals surface area contributed by atoms with Crippen LogP contribution >= 0.6 is 11.6 Å². The lowest BCUT2D eigenvalue weighted by molar-refractivity contribution is 0.0524. The number of pyridine rings is 1. The second kappa shape index (κ2) is 5.12. The van der Waals surface area contributed by atoms with E-state index in [1.807, 2.05) is 13.8 Å². The minimum Gasteiger partial charge on any atom is -0.462 e. The van der Waals surface area contributed by atoms with E-state index < -0.39 is 5.97 Å². The van der Waals surface area contributed by atoms with Gasteiger partial charge in [0.25, 0.3) is 0 Å². The maximum absolute atomic E-state index is 11.6. The van der Waals surface area contributed by atoms with Gasteiger partial charge in [0, 0.05) is 6.20 Å². The van der Waals surface area contributed by atoms with Gasteiger partial charge in [-0.3, -0.25) is 0 Å². The van der Waals surface area contributed by atoms with Crippen molar-refractivity contribution in [1.29, 1.82) is 0 Å². The quantitative estimate of drug-likeness (QED) is 0.589. The van der Waals surface area contributed by atoms with E-state index in [4.69, 9.17) is 16.3 Å². The van der Waals surface area contributed by atoms with Crippen molar-refractivity contribution in [2.45, 2.75) is 26.7 Å². The summed E-state index contributed by atoms with van der Waals surface area (Å²) in [5.41, 5.74) is 1.25. The number of rotatable bonds is 3. The molecular formula is C11H14ClNO2. The Balaban J connectivity index is 3.18. The Hall–Kier alpha value is -1.09. The third-order valence-electron chi connectivity index (χ3n) is 2.04. The molecule has 0 bridgehead atoms. The topological polar surface area (TPSA) is 39.2 Å². The van der Waals surface area contributed by atoms with Gasteiger partial charge in [-0.05, 0) is 24.5 Å². The van der Waals surface area contributed by atoms with E-state index in [1.165, 1.54) is 0 Å². The summed E-state index contributed by atoms with van der Waals surface area (Å²) in [5, 5.41) is 0.208. The van der Waals surface area contributed by atoms with E-state index in [1.54, 1.807) is 19.2 Å². The number of halogens is 1. The summed E-state index contributed by atoms with van der Waals surface area (Å²) in [6.45, 7) is 6.08. The Morgan fingerprint density at radius 3 is 2.80 bits per heavy atom. The molecular weight excluding hydrogens is 214 g/mol. The van der Waals surface area contributed by atoms with Crippen LogP contribution in [0.2, 0.25) is 5.15 Å². The molecule has 0 N–H and O–H groups in total. The Bertz CT molecular complexity index is 364. The van der Waals surface area contributed by atoms with Gasteiger partial charge in [-0.15, -0.1) is 0 Å². The lowest BCUT2D eigenvalue weighted by Crippen LogP contribution is -2.10. The van der Waals surface area contributed by atoms with E-state index in [9.17, 15) is 4.79 Å². The van der Waals surface area contributed by atoms with E-state index in [0.29, 0.717) is 12.2 Å². The number of carbonyl (C=O) groups excluding carboxylic acids is 1. The zero-order valence-electron chi connectivity index (χ0n) is 9.08. The molecule has 1 aromatic rings. The van der Waals surface area contributed by atoms with Crippen molar-refractivity contribution >= 4 is 17.6 Å². The van der Waals surface area contributed by atoms with Gasteiger partial charge in [-0.2, -0.15) is 0 Å². The van der Waals surface area contributed by atoms with Crippen LogP contribution in [-0.4, -0.2) is 17.6 Å². The third kappa shape index (κ3) is 2.69. The minimum atomic E-state index is -0.403. The normalized spacial score (nSPS) is 10.5. The maximum Gasteiger partial charge on any atom is 0.341 e. The average Bonchev–Trinajstić information content (AvgIpc) is 2.17. The standard InChI is InChI=1S/C11H14ClNO2/c1-4-15-11(14)9-8(7(2)3)5-6-13-10(9)12/h5-7H,4H2,1-3H3. The molecule has 0 saturated heterocycles. The highest BCUT2D eigenvalue weighted by molar-refractivity contribution is 6.32. The largest absolute Gasteiger partial charge is 0.462 e. The van der Waals surface area contributed by atoms with Crippen LogP contribution in [0.1, 0.15) is 42.6 Å².